The molecule has 0 saturated carbocycles. The monoisotopic (exact) mass is 329 g/mol. The maximum absolute atomic E-state index is 3.70. The molecule has 2 rings (SSSR count). The van der Waals surface area contributed by atoms with Crippen LogP contribution in [0.5, 0.6) is 0 Å². The molecule has 0 fully saturated rings. The van der Waals surface area contributed by atoms with Crippen LogP contribution in [0.25, 0.3) is 0 Å². The zero-order chi connectivity index (χ0) is 12.3. The Labute approximate surface area is 119 Å². The van der Waals surface area contributed by atoms with Crippen molar-refractivity contribution in [2.45, 2.75) is 32.4 Å². The van der Waals surface area contributed by atoms with Crippen molar-refractivity contribution in [1.29, 1.82) is 0 Å². The molecular weight excluding hydrogens is 314 g/mol. The van der Waals surface area contributed by atoms with Gasteiger partial charge < -0.3 is 5.32 Å². The molecule has 17 heavy (non-hydrogen) atoms. The summed E-state index contributed by atoms with van der Waals surface area (Å²) in [6.45, 7) is 4.46. The fraction of sp³-hybridized carbons (Fsp3) is 0.385. The van der Waals surface area contributed by atoms with Gasteiger partial charge in [-0.1, -0.05) is 13.0 Å². The van der Waals surface area contributed by atoms with Gasteiger partial charge in [-0.05, 0) is 52.2 Å². The number of thiophene rings is 2. The predicted octanol–water partition coefficient (Wildman–Crippen LogP) is 5.37. The van der Waals surface area contributed by atoms with Crippen LogP contribution in [0.3, 0.4) is 0 Å². The number of halogens is 1. The molecule has 0 spiro atoms. The molecule has 1 nitrogen and oxygen atoms in total. The van der Waals surface area contributed by atoms with Crippen LogP contribution < -0.4 is 5.32 Å². The molecule has 0 aliphatic carbocycles. The van der Waals surface area contributed by atoms with Crippen molar-refractivity contribution in [3.63, 3.8) is 0 Å². The summed E-state index contributed by atoms with van der Waals surface area (Å²) in [6.07, 6.45) is 1.12. The molecular formula is C13H16BrNS2. The molecule has 92 valence electrons. The first-order valence-corrected chi connectivity index (χ1v) is 8.30. The Kier molecular flexibility index (Phi) is 4.79. The lowest BCUT2D eigenvalue weighted by atomic mass is 10.1. The Balaban J connectivity index is 2.07. The minimum absolute atomic E-state index is 0.386. The highest BCUT2D eigenvalue weighted by molar-refractivity contribution is 9.10. The zero-order valence-electron chi connectivity index (χ0n) is 9.94. The Morgan fingerprint density at radius 3 is 2.65 bits per heavy atom. The van der Waals surface area contributed by atoms with Crippen LogP contribution in [0, 0.1) is 0 Å². The minimum Gasteiger partial charge on any atom is -0.302 e. The van der Waals surface area contributed by atoms with Gasteiger partial charge in [0.15, 0.2) is 0 Å². The standard InChI is InChI=1S/C13H16BrNS2/c1-3-11(12-5-4-7-16-12)15-9(2)13-10(14)6-8-17-13/h4-9,11,15H,3H2,1-2H3. The number of hydrogen-bond acceptors (Lipinski definition) is 3. The third kappa shape index (κ3) is 3.19. The van der Waals surface area contributed by atoms with E-state index in [0.29, 0.717) is 12.1 Å². The average molecular weight is 330 g/mol. The Bertz CT molecular complexity index is 450. The molecule has 0 aliphatic heterocycles. The fourth-order valence-corrected chi connectivity index (χ4v) is 4.49. The van der Waals surface area contributed by atoms with Gasteiger partial charge in [0.05, 0.1) is 0 Å². The smallest absolute Gasteiger partial charge is 0.0417 e. The summed E-state index contributed by atoms with van der Waals surface area (Å²) in [5, 5.41) is 7.98. The SMILES string of the molecule is CCC(NC(C)c1sccc1Br)c1cccs1. The van der Waals surface area contributed by atoms with Crippen molar-refractivity contribution in [3.05, 3.63) is 43.2 Å². The van der Waals surface area contributed by atoms with Gasteiger partial charge in [-0.2, -0.15) is 0 Å². The molecule has 0 aliphatic rings. The Hall–Kier alpha value is -0.160. The van der Waals surface area contributed by atoms with Crippen molar-refractivity contribution in [2.24, 2.45) is 0 Å². The van der Waals surface area contributed by atoms with Gasteiger partial charge >= 0.3 is 0 Å². The van der Waals surface area contributed by atoms with Gasteiger partial charge in [-0.3, -0.25) is 0 Å². The minimum atomic E-state index is 0.386. The molecule has 0 bridgehead atoms. The van der Waals surface area contributed by atoms with E-state index in [4.69, 9.17) is 0 Å². The van der Waals surface area contributed by atoms with Gasteiger partial charge in [0.2, 0.25) is 0 Å². The fourth-order valence-electron chi connectivity index (χ4n) is 1.88. The van der Waals surface area contributed by atoms with Crippen LogP contribution >= 0.6 is 38.6 Å². The highest BCUT2D eigenvalue weighted by atomic mass is 79.9. The van der Waals surface area contributed by atoms with Crippen LogP contribution in [0.2, 0.25) is 0 Å². The first kappa shape index (κ1) is 13.3. The maximum Gasteiger partial charge on any atom is 0.0417 e. The van der Waals surface area contributed by atoms with E-state index in [1.807, 2.05) is 11.3 Å². The normalized spacial score (nSPS) is 14.8. The molecule has 2 atom stereocenters. The van der Waals surface area contributed by atoms with Crippen LogP contribution in [0.4, 0.5) is 0 Å². The lowest BCUT2D eigenvalue weighted by Crippen LogP contribution is -2.23. The number of hydrogen-bond donors (Lipinski definition) is 1. The van der Waals surface area contributed by atoms with Gasteiger partial charge in [-0.25, -0.2) is 0 Å². The van der Waals surface area contributed by atoms with Gasteiger partial charge in [-0.15, -0.1) is 22.7 Å². The molecule has 2 heterocycles. The average Bonchev–Trinajstić information content (AvgIpc) is 2.96. The topological polar surface area (TPSA) is 12.0 Å². The second kappa shape index (κ2) is 6.14. The van der Waals surface area contributed by atoms with E-state index in [1.165, 1.54) is 14.2 Å². The highest BCUT2D eigenvalue weighted by Gasteiger charge is 2.16. The van der Waals surface area contributed by atoms with Crippen molar-refractivity contribution in [3.8, 4) is 0 Å². The van der Waals surface area contributed by atoms with Crippen molar-refractivity contribution in [2.75, 3.05) is 0 Å². The van der Waals surface area contributed by atoms with Crippen molar-refractivity contribution < 1.29 is 0 Å². The van der Waals surface area contributed by atoms with E-state index in [0.717, 1.165) is 6.42 Å². The molecule has 0 aromatic carbocycles. The van der Waals surface area contributed by atoms with Crippen LogP contribution in [0.1, 0.15) is 42.1 Å². The molecule has 2 aromatic rings. The highest BCUT2D eigenvalue weighted by Crippen LogP contribution is 2.31. The molecule has 0 saturated heterocycles. The second-order valence-electron chi connectivity index (χ2n) is 4.00. The lowest BCUT2D eigenvalue weighted by Gasteiger charge is -2.21. The van der Waals surface area contributed by atoms with Crippen LogP contribution in [-0.4, -0.2) is 0 Å². The van der Waals surface area contributed by atoms with E-state index in [9.17, 15) is 0 Å². The molecule has 0 radical (unpaired) electrons. The Morgan fingerprint density at radius 2 is 2.12 bits per heavy atom. The number of rotatable bonds is 5. The van der Waals surface area contributed by atoms with Gasteiger partial charge in [0, 0.05) is 26.3 Å². The third-order valence-electron chi connectivity index (χ3n) is 2.78. The first-order chi connectivity index (χ1) is 8.22. The van der Waals surface area contributed by atoms with E-state index >= 15 is 0 Å². The second-order valence-corrected chi connectivity index (χ2v) is 6.78. The summed E-state index contributed by atoms with van der Waals surface area (Å²) < 4.78 is 1.21. The van der Waals surface area contributed by atoms with Gasteiger partial charge in [0.25, 0.3) is 0 Å². The van der Waals surface area contributed by atoms with E-state index in [2.05, 4.69) is 64.1 Å². The molecule has 4 heteroatoms. The van der Waals surface area contributed by atoms with Gasteiger partial charge in [0.1, 0.15) is 0 Å². The zero-order valence-corrected chi connectivity index (χ0v) is 13.2. The summed E-state index contributed by atoms with van der Waals surface area (Å²) >= 11 is 7.23. The summed E-state index contributed by atoms with van der Waals surface area (Å²) in [6, 6.07) is 7.29. The van der Waals surface area contributed by atoms with E-state index in [-0.39, 0.29) is 0 Å². The number of nitrogens with one attached hydrogen (secondary N) is 1. The molecule has 1 N–H and O–H groups in total. The maximum atomic E-state index is 3.70. The largest absolute Gasteiger partial charge is 0.302 e. The van der Waals surface area contributed by atoms with Crippen LogP contribution in [0.15, 0.2) is 33.4 Å². The Morgan fingerprint density at radius 1 is 1.29 bits per heavy atom. The first-order valence-electron chi connectivity index (χ1n) is 5.74. The van der Waals surface area contributed by atoms with E-state index < -0.39 is 0 Å². The summed E-state index contributed by atoms with van der Waals surface area (Å²) in [5.41, 5.74) is 0. The van der Waals surface area contributed by atoms with Crippen LogP contribution in [-0.2, 0) is 0 Å². The quantitative estimate of drug-likeness (QED) is 0.777. The summed E-state index contributed by atoms with van der Waals surface area (Å²) in [4.78, 5) is 2.80. The summed E-state index contributed by atoms with van der Waals surface area (Å²) in [5.74, 6) is 0. The lowest BCUT2D eigenvalue weighted by molar-refractivity contribution is 0.465. The predicted molar refractivity (Wildman–Crippen MR) is 80.9 cm³/mol. The molecule has 2 unspecified atom stereocenters. The van der Waals surface area contributed by atoms with Crippen molar-refractivity contribution >= 4 is 38.6 Å². The van der Waals surface area contributed by atoms with E-state index in [1.54, 1.807) is 11.3 Å². The van der Waals surface area contributed by atoms with Crippen molar-refractivity contribution in [1.82, 2.24) is 5.32 Å². The third-order valence-corrected chi connectivity index (χ3v) is 5.82. The summed E-state index contributed by atoms with van der Waals surface area (Å²) in [7, 11) is 0. The molecule has 0 amide bonds. The molecule has 2 aromatic heterocycles.